The molecule has 0 atom stereocenters. The van der Waals surface area contributed by atoms with Crippen LogP contribution < -0.4 is 9.46 Å². The van der Waals surface area contributed by atoms with E-state index in [1.165, 1.54) is 24.3 Å². The molecule has 0 saturated carbocycles. The van der Waals surface area contributed by atoms with Crippen molar-refractivity contribution in [1.29, 1.82) is 0 Å². The summed E-state index contributed by atoms with van der Waals surface area (Å²) in [5.74, 6) is 0.0233. The van der Waals surface area contributed by atoms with E-state index >= 15 is 0 Å². The van der Waals surface area contributed by atoms with Crippen LogP contribution in [0.2, 0.25) is 5.02 Å². The van der Waals surface area contributed by atoms with Crippen LogP contribution in [0.3, 0.4) is 0 Å². The fraction of sp³-hybridized carbons (Fsp3) is 0.235. The maximum absolute atomic E-state index is 12.1. The fourth-order valence-corrected chi connectivity index (χ4v) is 3.29. The molecule has 0 bridgehead atoms. The van der Waals surface area contributed by atoms with Crippen molar-refractivity contribution in [2.75, 3.05) is 6.61 Å². The van der Waals surface area contributed by atoms with Gasteiger partial charge in [0.1, 0.15) is 5.75 Å². The Morgan fingerprint density at radius 3 is 2.25 bits per heavy atom. The molecule has 0 saturated heterocycles. The molecule has 0 aliphatic heterocycles. The Bertz CT molecular complexity index is 812. The van der Waals surface area contributed by atoms with Gasteiger partial charge in [-0.3, -0.25) is 4.79 Å². The van der Waals surface area contributed by atoms with Gasteiger partial charge < -0.3 is 4.74 Å². The molecule has 0 spiro atoms. The van der Waals surface area contributed by atoms with Crippen molar-refractivity contribution in [1.82, 2.24) is 4.72 Å². The lowest BCUT2D eigenvalue weighted by molar-refractivity contribution is -0.119. The molecular formula is C17H18ClNO4S. The maximum atomic E-state index is 12.1. The van der Waals surface area contributed by atoms with Gasteiger partial charge in [-0.1, -0.05) is 17.7 Å². The Kier molecular flexibility index (Phi) is 5.85. The van der Waals surface area contributed by atoms with E-state index in [2.05, 4.69) is 0 Å². The monoisotopic (exact) mass is 367 g/mol. The normalized spacial score (nSPS) is 11.1. The van der Waals surface area contributed by atoms with E-state index in [1.54, 1.807) is 0 Å². The van der Waals surface area contributed by atoms with Gasteiger partial charge in [-0.05, 0) is 61.4 Å². The minimum Gasteiger partial charge on any atom is -0.493 e. The van der Waals surface area contributed by atoms with Crippen LogP contribution in [-0.2, 0) is 14.8 Å². The first-order chi connectivity index (χ1) is 11.3. The van der Waals surface area contributed by atoms with E-state index in [-0.39, 0.29) is 17.9 Å². The zero-order valence-corrected chi connectivity index (χ0v) is 14.9. The summed E-state index contributed by atoms with van der Waals surface area (Å²) in [4.78, 5) is 11.8. The highest BCUT2D eigenvalue weighted by atomic mass is 35.5. The number of rotatable bonds is 6. The summed E-state index contributed by atoms with van der Waals surface area (Å²) in [6, 6.07) is 11.3. The Morgan fingerprint density at radius 1 is 1.08 bits per heavy atom. The highest BCUT2D eigenvalue weighted by Gasteiger charge is 2.17. The number of aryl methyl sites for hydroxylation is 2. The fourth-order valence-electron chi connectivity index (χ4n) is 2.15. The smallest absolute Gasteiger partial charge is 0.264 e. The van der Waals surface area contributed by atoms with Gasteiger partial charge >= 0.3 is 0 Å². The van der Waals surface area contributed by atoms with Crippen LogP contribution in [0.15, 0.2) is 47.4 Å². The van der Waals surface area contributed by atoms with Gasteiger partial charge in [-0.15, -0.1) is 0 Å². The molecule has 0 heterocycles. The van der Waals surface area contributed by atoms with Crippen LogP contribution in [-0.4, -0.2) is 20.9 Å². The maximum Gasteiger partial charge on any atom is 0.264 e. The highest BCUT2D eigenvalue weighted by Crippen LogP contribution is 2.16. The van der Waals surface area contributed by atoms with E-state index in [0.717, 1.165) is 11.1 Å². The number of amides is 1. The molecule has 1 N–H and O–H groups in total. The first-order valence-electron chi connectivity index (χ1n) is 7.28. The highest BCUT2D eigenvalue weighted by molar-refractivity contribution is 7.90. The summed E-state index contributed by atoms with van der Waals surface area (Å²) in [6.07, 6.45) is -0.0696. The molecule has 7 heteroatoms. The molecule has 0 aliphatic carbocycles. The quantitative estimate of drug-likeness (QED) is 0.850. The second kappa shape index (κ2) is 7.68. The van der Waals surface area contributed by atoms with Crippen molar-refractivity contribution in [3.05, 3.63) is 58.6 Å². The molecule has 0 radical (unpaired) electrons. The number of sulfonamides is 1. The molecule has 2 aromatic rings. The largest absolute Gasteiger partial charge is 0.493 e. The van der Waals surface area contributed by atoms with Gasteiger partial charge in [0.2, 0.25) is 5.91 Å². The molecule has 2 aromatic carbocycles. The summed E-state index contributed by atoms with van der Waals surface area (Å²) in [5.41, 5.74) is 2.11. The van der Waals surface area contributed by atoms with Crippen molar-refractivity contribution >= 4 is 27.5 Å². The summed E-state index contributed by atoms with van der Waals surface area (Å²) in [5, 5.41) is 0.419. The molecule has 2 rings (SSSR count). The molecule has 0 unspecified atom stereocenters. The van der Waals surface area contributed by atoms with Crippen molar-refractivity contribution in [2.45, 2.75) is 25.2 Å². The first kappa shape index (κ1) is 18.3. The van der Waals surface area contributed by atoms with Crippen LogP contribution in [0.25, 0.3) is 0 Å². The van der Waals surface area contributed by atoms with Gasteiger partial charge in [0.15, 0.2) is 0 Å². The number of carbonyl (C=O) groups is 1. The Balaban J connectivity index is 1.89. The first-order valence-corrected chi connectivity index (χ1v) is 9.15. The topological polar surface area (TPSA) is 72.5 Å². The second-order valence-electron chi connectivity index (χ2n) is 5.40. The standard InChI is InChI=1S/C17H18ClNO4S/c1-12-9-13(2)11-15(10-12)23-8-7-17(20)19-24(21,22)16-5-3-14(18)4-6-16/h3-6,9-11H,7-8H2,1-2H3,(H,19,20). The van der Waals surface area contributed by atoms with E-state index in [1.807, 2.05) is 36.8 Å². The number of ether oxygens (including phenoxy) is 1. The van der Waals surface area contributed by atoms with Crippen molar-refractivity contribution in [3.8, 4) is 5.75 Å². The van der Waals surface area contributed by atoms with Gasteiger partial charge in [-0.2, -0.15) is 0 Å². The van der Waals surface area contributed by atoms with E-state index in [0.29, 0.717) is 10.8 Å². The predicted molar refractivity (Wildman–Crippen MR) is 92.8 cm³/mol. The minimum absolute atomic E-state index is 0.0181. The van der Waals surface area contributed by atoms with Crippen LogP contribution in [0.1, 0.15) is 17.5 Å². The lowest BCUT2D eigenvalue weighted by atomic mass is 10.1. The number of nitrogens with one attached hydrogen (secondary N) is 1. The molecular weight excluding hydrogens is 350 g/mol. The van der Waals surface area contributed by atoms with E-state index in [4.69, 9.17) is 16.3 Å². The van der Waals surface area contributed by atoms with Gasteiger partial charge in [0.05, 0.1) is 17.9 Å². The summed E-state index contributed by atoms with van der Waals surface area (Å²) < 4.78 is 31.6. The van der Waals surface area contributed by atoms with Crippen LogP contribution in [0.5, 0.6) is 5.75 Å². The van der Waals surface area contributed by atoms with E-state index in [9.17, 15) is 13.2 Å². The summed E-state index contributed by atoms with van der Waals surface area (Å²) >= 11 is 5.72. The number of hydrogen-bond donors (Lipinski definition) is 1. The molecule has 24 heavy (non-hydrogen) atoms. The zero-order valence-electron chi connectivity index (χ0n) is 13.4. The van der Waals surface area contributed by atoms with E-state index < -0.39 is 15.9 Å². The third-order valence-electron chi connectivity index (χ3n) is 3.17. The SMILES string of the molecule is Cc1cc(C)cc(OCCC(=O)NS(=O)(=O)c2ccc(Cl)cc2)c1. The van der Waals surface area contributed by atoms with Gasteiger partial charge in [-0.25, -0.2) is 13.1 Å². The third-order valence-corrected chi connectivity index (χ3v) is 4.81. The van der Waals surface area contributed by atoms with Gasteiger partial charge in [0.25, 0.3) is 10.0 Å². The second-order valence-corrected chi connectivity index (χ2v) is 7.52. The van der Waals surface area contributed by atoms with Crippen molar-refractivity contribution < 1.29 is 17.9 Å². The van der Waals surface area contributed by atoms with Crippen LogP contribution in [0.4, 0.5) is 0 Å². The zero-order chi connectivity index (χ0) is 17.7. The number of benzene rings is 2. The minimum atomic E-state index is -3.90. The molecule has 1 amide bonds. The molecule has 128 valence electrons. The third kappa shape index (κ3) is 5.25. The van der Waals surface area contributed by atoms with Crippen LogP contribution >= 0.6 is 11.6 Å². The molecule has 0 aromatic heterocycles. The molecule has 0 fully saturated rings. The Hall–Kier alpha value is -2.05. The average molecular weight is 368 g/mol. The van der Waals surface area contributed by atoms with Crippen molar-refractivity contribution in [2.24, 2.45) is 0 Å². The van der Waals surface area contributed by atoms with Crippen molar-refractivity contribution in [3.63, 3.8) is 0 Å². The average Bonchev–Trinajstić information content (AvgIpc) is 2.46. The summed E-state index contributed by atoms with van der Waals surface area (Å²) in [6.45, 7) is 3.99. The molecule has 5 nitrogen and oxygen atoms in total. The van der Waals surface area contributed by atoms with Gasteiger partial charge in [0, 0.05) is 5.02 Å². The Morgan fingerprint density at radius 2 is 1.67 bits per heavy atom. The number of carbonyl (C=O) groups excluding carboxylic acids is 1. The lowest BCUT2D eigenvalue weighted by Crippen LogP contribution is -2.31. The number of halogens is 1. The van der Waals surface area contributed by atoms with Crippen LogP contribution in [0, 0.1) is 13.8 Å². The molecule has 0 aliphatic rings. The summed E-state index contributed by atoms with van der Waals surface area (Å²) in [7, 11) is -3.90. The number of hydrogen-bond acceptors (Lipinski definition) is 4. The Labute approximate surface area is 146 Å². The lowest BCUT2D eigenvalue weighted by Gasteiger charge is -2.09. The predicted octanol–water partition coefficient (Wildman–Crippen LogP) is 3.23.